The number of amides is 1. The van der Waals surface area contributed by atoms with Crippen molar-refractivity contribution in [3.8, 4) is 0 Å². The number of nitro groups is 1. The molecule has 0 aromatic heterocycles. The third kappa shape index (κ3) is 4.76. The van der Waals surface area contributed by atoms with E-state index < -0.39 is 39.0 Å². The zero-order chi connectivity index (χ0) is 20.4. The predicted octanol–water partition coefficient (Wildman–Crippen LogP) is 2.59. The molecule has 1 amide bonds. The first-order chi connectivity index (χ1) is 12.5. The van der Waals surface area contributed by atoms with Gasteiger partial charge in [-0.15, -0.1) is 0 Å². The first-order valence-corrected chi connectivity index (χ1v) is 9.32. The fourth-order valence-electron chi connectivity index (χ4n) is 2.37. The highest BCUT2D eigenvalue weighted by Crippen LogP contribution is 2.29. The van der Waals surface area contributed by atoms with Crippen LogP contribution in [0.4, 0.5) is 25.8 Å². The maximum absolute atomic E-state index is 13.6. The van der Waals surface area contributed by atoms with Gasteiger partial charge in [0.05, 0.1) is 28.1 Å². The van der Waals surface area contributed by atoms with Gasteiger partial charge in [0.15, 0.2) is 0 Å². The quantitative estimate of drug-likeness (QED) is 0.593. The van der Waals surface area contributed by atoms with E-state index in [1.54, 1.807) is 0 Å². The Morgan fingerprint density at radius 3 is 2.48 bits per heavy atom. The number of benzene rings is 2. The molecule has 0 spiro atoms. The molecule has 0 unspecified atom stereocenters. The number of carbonyl (C=O) groups is 1. The lowest BCUT2D eigenvalue weighted by Gasteiger charge is -2.23. The summed E-state index contributed by atoms with van der Waals surface area (Å²) in [5.74, 6) is -2.77. The third-order valence-corrected chi connectivity index (χ3v) is 4.76. The van der Waals surface area contributed by atoms with Gasteiger partial charge in [-0.1, -0.05) is 6.07 Å². The van der Waals surface area contributed by atoms with E-state index in [4.69, 9.17) is 0 Å². The summed E-state index contributed by atoms with van der Waals surface area (Å²) in [6.07, 6.45) is 0.830. The Kier molecular flexibility index (Phi) is 5.74. The minimum Gasteiger partial charge on any atom is -0.322 e. The maximum Gasteiger partial charge on any atom is 0.274 e. The largest absolute Gasteiger partial charge is 0.322 e. The summed E-state index contributed by atoms with van der Waals surface area (Å²) in [6, 6.07) is 6.29. The Hall–Kier alpha value is -3.08. The first kappa shape index (κ1) is 20.2. The average molecular weight is 399 g/mol. The minimum atomic E-state index is -3.99. The van der Waals surface area contributed by atoms with Crippen LogP contribution in [0.5, 0.6) is 0 Å². The SMILES string of the molecule is Cc1c(N(CC(=O)Nc2ccc(F)cc2F)S(C)(=O)=O)cccc1[N+](=O)[O-]. The molecule has 0 fully saturated rings. The van der Waals surface area contributed by atoms with E-state index in [0.717, 1.165) is 18.4 Å². The molecule has 2 aromatic rings. The summed E-state index contributed by atoms with van der Waals surface area (Å²) in [7, 11) is -3.99. The molecule has 8 nitrogen and oxygen atoms in total. The van der Waals surface area contributed by atoms with E-state index in [0.29, 0.717) is 10.4 Å². The number of rotatable bonds is 6. The van der Waals surface area contributed by atoms with Crippen LogP contribution in [0, 0.1) is 28.7 Å². The van der Waals surface area contributed by atoms with E-state index >= 15 is 0 Å². The van der Waals surface area contributed by atoms with Crippen molar-refractivity contribution in [1.29, 1.82) is 0 Å². The van der Waals surface area contributed by atoms with Crippen LogP contribution in [0.3, 0.4) is 0 Å². The number of nitrogens with one attached hydrogen (secondary N) is 1. The highest BCUT2D eigenvalue weighted by Gasteiger charge is 2.26. The number of nitrogens with zero attached hydrogens (tertiary/aromatic N) is 2. The lowest BCUT2D eigenvalue weighted by atomic mass is 10.1. The highest BCUT2D eigenvalue weighted by molar-refractivity contribution is 7.92. The second-order valence-corrected chi connectivity index (χ2v) is 7.53. The zero-order valence-electron chi connectivity index (χ0n) is 14.3. The zero-order valence-corrected chi connectivity index (χ0v) is 15.1. The number of carbonyl (C=O) groups excluding carboxylic acids is 1. The van der Waals surface area contributed by atoms with Gasteiger partial charge in [0.25, 0.3) is 5.69 Å². The third-order valence-electron chi connectivity index (χ3n) is 3.63. The molecule has 1 N–H and O–H groups in total. The molecule has 0 aliphatic carbocycles. The molecule has 11 heteroatoms. The molecule has 0 bridgehead atoms. The van der Waals surface area contributed by atoms with Crippen LogP contribution < -0.4 is 9.62 Å². The van der Waals surface area contributed by atoms with Gasteiger partial charge in [-0.2, -0.15) is 0 Å². The number of halogens is 2. The molecule has 0 saturated carbocycles. The first-order valence-electron chi connectivity index (χ1n) is 7.47. The Labute approximate surface area is 153 Å². The fourth-order valence-corrected chi connectivity index (χ4v) is 3.28. The van der Waals surface area contributed by atoms with E-state index in [9.17, 15) is 32.1 Å². The molecule has 0 saturated heterocycles. The van der Waals surface area contributed by atoms with Crippen molar-refractivity contribution in [2.24, 2.45) is 0 Å². The molecule has 144 valence electrons. The summed E-state index contributed by atoms with van der Waals surface area (Å²) in [5, 5.41) is 13.2. The van der Waals surface area contributed by atoms with Gasteiger partial charge in [-0.3, -0.25) is 19.2 Å². The molecular formula is C16H15F2N3O5S. The molecule has 0 atom stereocenters. The molecule has 0 aliphatic rings. The lowest BCUT2D eigenvalue weighted by Crippen LogP contribution is -2.38. The minimum absolute atomic E-state index is 0.0497. The molecule has 0 aliphatic heterocycles. The van der Waals surface area contributed by atoms with E-state index in [1.165, 1.54) is 25.1 Å². The van der Waals surface area contributed by atoms with Crippen LogP contribution >= 0.6 is 0 Å². The van der Waals surface area contributed by atoms with Gasteiger partial charge in [0.2, 0.25) is 15.9 Å². The van der Waals surface area contributed by atoms with Crippen molar-refractivity contribution in [3.63, 3.8) is 0 Å². The molecule has 0 heterocycles. The standard InChI is InChI=1S/C16H15F2N3O5S/c1-10-14(4-3-5-15(10)21(23)24)20(27(2,25)26)9-16(22)19-13-7-6-11(17)8-12(13)18/h3-8H,9H2,1-2H3,(H,19,22). The lowest BCUT2D eigenvalue weighted by molar-refractivity contribution is -0.385. The van der Waals surface area contributed by atoms with Crippen LogP contribution in [0.2, 0.25) is 0 Å². The summed E-state index contributed by atoms with van der Waals surface area (Å²) in [6.45, 7) is 0.598. The van der Waals surface area contributed by atoms with Crippen LogP contribution in [0.25, 0.3) is 0 Å². The summed E-state index contributed by atoms with van der Waals surface area (Å²) >= 11 is 0. The van der Waals surface area contributed by atoms with Gasteiger partial charge >= 0.3 is 0 Å². The van der Waals surface area contributed by atoms with Crippen molar-refractivity contribution in [1.82, 2.24) is 0 Å². The van der Waals surface area contributed by atoms with E-state index in [-0.39, 0.29) is 22.6 Å². The fraction of sp³-hybridized carbons (Fsp3) is 0.188. The maximum atomic E-state index is 13.6. The normalized spacial score (nSPS) is 11.1. The van der Waals surface area contributed by atoms with E-state index in [2.05, 4.69) is 5.32 Å². The second kappa shape index (κ2) is 7.66. The highest BCUT2D eigenvalue weighted by atomic mass is 32.2. The van der Waals surface area contributed by atoms with Gasteiger partial charge < -0.3 is 5.32 Å². The van der Waals surface area contributed by atoms with Gasteiger partial charge in [-0.25, -0.2) is 17.2 Å². The summed E-state index contributed by atoms with van der Waals surface area (Å²) in [4.78, 5) is 22.6. The average Bonchev–Trinajstić information content (AvgIpc) is 2.54. The Morgan fingerprint density at radius 1 is 1.26 bits per heavy atom. The summed E-state index contributed by atoms with van der Waals surface area (Å²) < 4.78 is 51.5. The van der Waals surface area contributed by atoms with Crippen molar-refractivity contribution < 1.29 is 26.9 Å². The Morgan fingerprint density at radius 2 is 1.93 bits per heavy atom. The number of sulfonamides is 1. The number of anilines is 2. The monoisotopic (exact) mass is 399 g/mol. The molecule has 0 radical (unpaired) electrons. The molecule has 2 aromatic carbocycles. The van der Waals surface area contributed by atoms with Crippen molar-refractivity contribution in [2.75, 3.05) is 22.4 Å². The van der Waals surface area contributed by atoms with Gasteiger partial charge in [0.1, 0.15) is 18.2 Å². The molecular weight excluding hydrogens is 384 g/mol. The predicted molar refractivity (Wildman–Crippen MR) is 95.0 cm³/mol. The number of hydrogen-bond donors (Lipinski definition) is 1. The Balaban J connectivity index is 2.35. The smallest absolute Gasteiger partial charge is 0.274 e. The van der Waals surface area contributed by atoms with Crippen molar-refractivity contribution in [3.05, 3.63) is 63.7 Å². The van der Waals surface area contributed by atoms with Gasteiger partial charge in [-0.05, 0) is 25.1 Å². The van der Waals surface area contributed by atoms with Crippen LogP contribution in [0.15, 0.2) is 36.4 Å². The van der Waals surface area contributed by atoms with E-state index in [1.807, 2.05) is 0 Å². The van der Waals surface area contributed by atoms with Gasteiger partial charge in [0, 0.05) is 12.1 Å². The van der Waals surface area contributed by atoms with Crippen molar-refractivity contribution >= 4 is 33.0 Å². The number of hydrogen-bond acceptors (Lipinski definition) is 5. The van der Waals surface area contributed by atoms with Crippen molar-refractivity contribution in [2.45, 2.75) is 6.92 Å². The molecule has 27 heavy (non-hydrogen) atoms. The topological polar surface area (TPSA) is 110 Å². The Bertz CT molecular complexity index is 1010. The molecule has 2 rings (SSSR count). The van der Waals surface area contributed by atoms with Crippen LogP contribution in [-0.4, -0.2) is 32.0 Å². The van der Waals surface area contributed by atoms with Crippen LogP contribution in [-0.2, 0) is 14.8 Å². The van der Waals surface area contributed by atoms with Crippen LogP contribution in [0.1, 0.15) is 5.56 Å². The second-order valence-electron chi connectivity index (χ2n) is 5.62. The summed E-state index contributed by atoms with van der Waals surface area (Å²) in [5.41, 5.74) is -0.646. The number of nitro benzene ring substituents is 1.